The first-order valence-electron chi connectivity index (χ1n) is 5.31. The van der Waals surface area contributed by atoms with Crippen LogP contribution in [-0.2, 0) is 10.1 Å². The number of rotatable bonds is 3. The summed E-state index contributed by atoms with van der Waals surface area (Å²) in [5.74, 6) is -7.17. The molecule has 4 fully saturated rings. The van der Waals surface area contributed by atoms with Crippen LogP contribution in [0.1, 0.15) is 12.8 Å². The molecule has 3 unspecified atom stereocenters. The van der Waals surface area contributed by atoms with Crippen molar-refractivity contribution in [2.24, 2.45) is 29.6 Å². The molecule has 0 radical (unpaired) electrons. The lowest BCUT2D eigenvalue weighted by molar-refractivity contribution is -0.200. The molecular weight excluding hydrogens is 264 g/mol. The molecule has 3 atom stereocenters. The topological polar surface area (TPSA) is 54.4 Å². The molecule has 0 aromatic heterocycles. The molecule has 0 aliphatic heterocycles. The highest BCUT2D eigenvalue weighted by Crippen LogP contribution is 2.76. The Morgan fingerprint density at radius 2 is 1.53 bits per heavy atom. The van der Waals surface area contributed by atoms with E-state index in [0.717, 1.165) is 0 Å². The summed E-state index contributed by atoms with van der Waals surface area (Å²) in [5, 5.41) is -5.39. The molecule has 17 heavy (non-hydrogen) atoms. The van der Waals surface area contributed by atoms with Crippen molar-refractivity contribution in [3.8, 4) is 0 Å². The maximum atomic E-state index is 13.7. The van der Waals surface area contributed by atoms with Gasteiger partial charge in [-0.15, -0.1) is 0 Å². The predicted octanol–water partition coefficient (Wildman–Crippen LogP) is 2.00. The zero-order chi connectivity index (χ0) is 12.8. The van der Waals surface area contributed by atoms with Crippen molar-refractivity contribution in [1.29, 1.82) is 0 Å². The van der Waals surface area contributed by atoms with Crippen LogP contribution in [-0.4, -0.2) is 24.1 Å². The summed E-state index contributed by atoms with van der Waals surface area (Å²) in [6.07, 6.45) is 0.967. The van der Waals surface area contributed by atoms with E-state index >= 15 is 0 Å². The highest BCUT2D eigenvalue weighted by Gasteiger charge is 2.80. The molecule has 4 aliphatic rings. The first-order chi connectivity index (χ1) is 7.59. The highest BCUT2D eigenvalue weighted by atomic mass is 32.2. The van der Waals surface area contributed by atoms with Gasteiger partial charge in [-0.05, 0) is 36.5 Å². The van der Waals surface area contributed by atoms with E-state index < -0.39 is 39.0 Å². The van der Waals surface area contributed by atoms with Crippen LogP contribution in [0.5, 0.6) is 0 Å². The predicted molar refractivity (Wildman–Crippen MR) is 48.1 cm³/mol. The van der Waals surface area contributed by atoms with Crippen molar-refractivity contribution in [3.05, 3.63) is 0 Å². The monoisotopic (exact) mass is 274 g/mol. The molecule has 8 heteroatoms. The highest BCUT2D eigenvalue weighted by molar-refractivity contribution is 7.87. The van der Waals surface area contributed by atoms with E-state index in [1.54, 1.807) is 0 Å². The minimum atomic E-state index is -6.09. The zero-order valence-electron chi connectivity index (χ0n) is 8.48. The smallest absolute Gasteiger partial charge is 0.281 e. The SMILES string of the molecule is O=S(=O)(O)C(F)(F)C(F)(F)C1C2CC3C(C2)C31. The molecular formula is C9H10F4O3S. The maximum absolute atomic E-state index is 13.7. The second-order valence-electron chi connectivity index (χ2n) is 5.28. The average Bonchev–Trinajstić information content (AvgIpc) is 2.59. The van der Waals surface area contributed by atoms with Gasteiger partial charge in [0.05, 0.1) is 0 Å². The summed E-state index contributed by atoms with van der Waals surface area (Å²) in [7, 11) is -6.09. The molecule has 0 heterocycles. The minimum Gasteiger partial charge on any atom is -0.281 e. The van der Waals surface area contributed by atoms with E-state index in [-0.39, 0.29) is 11.8 Å². The third kappa shape index (κ3) is 1.18. The second kappa shape index (κ2) is 2.79. The molecule has 4 rings (SSSR count). The van der Waals surface area contributed by atoms with E-state index in [2.05, 4.69) is 0 Å². The van der Waals surface area contributed by atoms with Gasteiger partial charge in [0.15, 0.2) is 0 Å². The second-order valence-corrected chi connectivity index (χ2v) is 6.74. The van der Waals surface area contributed by atoms with Crippen LogP contribution >= 0.6 is 0 Å². The largest absolute Gasteiger partial charge is 0.431 e. The number of hydrogen-bond donors (Lipinski definition) is 1. The van der Waals surface area contributed by atoms with Crippen LogP contribution in [0.25, 0.3) is 0 Å². The van der Waals surface area contributed by atoms with E-state index in [1.165, 1.54) is 0 Å². The molecule has 0 spiro atoms. The molecule has 3 nitrogen and oxygen atoms in total. The number of alkyl halides is 4. The fourth-order valence-corrected chi connectivity index (χ4v) is 4.46. The van der Waals surface area contributed by atoms with Gasteiger partial charge >= 0.3 is 21.3 Å². The van der Waals surface area contributed by atoms with Crippen molar-refractivity contribution in [2.45, 2.75) is 24.0 Å². The molecule has 0 aromatic carbocycles. The molecule has 1 N–H and O–H groups in total. The molecule has 98 valence electrons. The quantitative estimate of drug-likeness (QED) is 0.632. The van der Waals surface area contributed by atoms with Crippen molar-refractivity contribution in [3.63, 3.8) is 0 Å². The lowest BCUT2D eigenvalue weighted by Crippen LogP contribution is -2.52. The van der Waals surface area contributed by atoms with Gasteiger partial charge in [-0.25, -0.2) is 0 Å². The van der Waals surface area contributed by atoms with Gasteiger partial charge in [-0.1, -0.05) is 0 Å². The maximum Gasteiger partial charge on any atom is 0.431 e. The van der Waals surface area contributed by atoms with Gasteiger partial charge < -0.3 is 0 Å². The third-order valence-electron chi connectivity index (χ3n) is 4.60. The molecule has 0 amide bonds. The third-order valence-corrected chi connectivity index (χ3v) is 5.52. The van der Waals surface area contributed by atoms with E-state index in [9.17, 15) is 26.0 Å². The van der Waals surface area contributed by atoms with Crippen LogP contribution < -0.4 is 0 Å². The Kier molecular flexibility index (Phi) is 1.92. The van der Waals surface area contributed by atoms with Gasteiger partial charge in [-0.2, -0.15) is 26.0 Å². The number of halogens is 4. The Labute approximate surface area is 94.9 Å². The van der Waals surface area contributed by atoms with Crippen LogP contribution in [0.3, 0.4) is 0 Å². The van der Waals surface area contributed by atoms with Crippen LogP contribution in [0.2, 0.25) is 0 Å². The lowest BCUT2D eigenvalue weighted by atomic mass is 9.91. The van der Waals surface area contributed by atoms with E-state index in [4.69, 9.17) is 4.55 Å². The summed E-state index contributed by atoms with van der Waals surface area (Å²) in [6, 6.07) is 0. The molecule has 4 bridgehead atoms. The Morgan fingerprint density at radius 1 is 1.06 bits per heavy atom. The van der Waals surface area contributed by atoms with Gasteiger partial charge in [0.2, 0.25) is 0 Å². The minimum absolute atomic E-state index is 0.0630. The van der Waals surface area contributed by atoms with Crippen molar-refractivity contribution in [1.82, 2.24) is 0 Å². The van der Waals surface area contributed by atoms with E-state index in [0.29, 0.717) is 12.8 Å². The Balaban J connectivity index is 1.97. The van der Waals surface area contributed by atoms with Crippen molar-refractivity contribution in [2.75, 3.05) is 0 Å². The first-order valence-corrected chi connectivity index (χ1v) is 6.75. The Bertz CT molecular complexity index is 461. The molecule has 4 saturated carbocycles. The van der Waals surface area contributed by atoms with Crippen molar-refractivity contribution < 1.29 is 30.5 Å². The molecule has 0 aromatic rings. The lowest BCUT2D eigenvalue weighted by Gasteiger charge is -2.31. The Hall–Kier alpha value is -0.370. The van der Waals surface area contributed by atoms with Gasteiger partial charge in [0.25, 0.3) is 0 Å². The van der Waals surface area contributed by atoms with Gasteiger partial charge in [0.1, 0.15) is 0 Å². The average molecular weight is 274 g/mol. The summed E-state index contributed by atoms with van der Waals surface area (Å²) in [6.45, 7) is 0. The van der Waals surface area contributed by atoms with Crippen LogP contribution in [0.4, 0.5) is 17.6 Å². The summed E-state index contributed by atoms with van der Waals surface area (Å²) >= 11 is 0. The standard InChI is InChI=1S/C9H10F4O3S/c10-8(11,9(12,13)17(14,15)16)7-3-1-4-5(2-3)6(4)7/h3-7H,1-2H2,(H,14,15,16). The van der Waals surface area contributed by atoms with Gasteiger partial charge in [0, 0.05) is 5.92 Å². The Morgan fingerprint density at radius 3 is 1.82 bits per heavy atom. The summed E-state index contributed by atoms with van der Waals surface area (Å²) in [5.41, 5.74) is 0. The first kappa shape index (κ1) is 11.7. The molecule has 4 aliphatic carbocycles. The molecule has 0 saturated heterocycles. The van der Waals surface area contributed by atoms with Crippen LogP contribution in [0, 0.1) is 29.6 Å². The number of hydrogen-bond acceptors (Lipinski definition) is 2. The van der Waals surface area contributed by atoms with Crippen LogP contribution in [0.15, 0.2) is 0 Å². The van der Waals surface area contributed by atoms with Gasteiger partial charge in [-0.3, -0.25) is 4.55 Å². The fourth-order valence-electron chi connectivity index (χ4n) is 3.98. The summed E-state index contributed by atoms with van der Waals surface area (Å²) in [4.78, 5) is 0. The summed E-state index contributed by atoms with van der Waals surface area (Å²) < 4.78 is 82.8. The van der Waals surface area contributed by atoms with E-state index in [1.807, 2.05) is 0 Å². The zero-order valence-corrected chi connectivity index (χ0v) is 9.30. The fraction of sp³-hybridized carbons (Fsp3) is 1.00. The van der Waals surface area contributed by atoms with Crippen molar-refractivity contribution >= 4 is 10.1 Å². The normalized spacial score (nSPS) is 44.2.